The lowest BCUT2D eigenvalue weighted by Gasteiger charge is -2.39. The zero-order valence-electron chi connectivity index (χ0n) is 12.8. The van der Waals surface area contributed by atoms with Crippen LogP contribution in [-0.2, 0) is 4.74 Å². The van der Waals surface area contributed by atoms with Crippen molar-refractivity contribution in [2.24, 2.45) is 0 Å². The van der Waals surface area contributed by atoms with Crippen LogP contribution in [0.25, 0.3) is 0 Å². The third-order valence-electron chi connectivity index (χ3n) is 2.62. The SMILES string of the molecule is CC.CC(C)(C)OC(=O)N1CC(n2cc(NO)cn2)C1. The molecular formula is C13H24N4O3. The predicted molar refractivity (Wildman–Crippen MR) is 75.8 cm³/mol. The zero-order valence-corrected chi connectivity index (χ0v) is 12.8. The summed E-state index contributed by atoms with van der Waals surface area (Å²) in [5, 5.41) is 12.8. The summed E-state index contributed by atoms with van der Waals surface area (Å²) >= 11 is 0. The monoisotopic (exact) mass is 284 g/mol. The van der Waals surface area contributed by atoms with Crippen molar-refractivity contribution in [3.05, 3.63) is 12.4 Å². The molecule has 20 heavy (non-hydrogen) atoms. The lowest BCUT2D eigenvalue weighted by atomic mass is 10.1. The number of nitrogens with one attached hydrogen (secondary N) is 1. The highest BCUT2D eigenvalue weighted by molar-refractivity contribution is 5.69. The van der Waals surface area contributed by atoms with Crippen molar-refractivity contribution in [1.82, 2.24) is 14.7 Å². The van der Waals surface area contributed by atoms with Crippen LogP contribution in [-0.4, -0.2) is 44.7 Å². The number of aromatic nitrogens is 2. The van der Waals surface area contributed by atoms with Gasteiger partial charge >= 0.3 is 6.09 Å². The summed E-state index contributed by atoms with van der Waals surface area (Å²) in [4.78, 5) is 13.3. The highest BCUT2D eigenvalue weighted by atomic mass is 16.6. The molecule has 2 N–H and O–H groups in total. The summed E-state index contributed by atoms with van der Waals surface area (Å²) in [6.07, 6.45) is 2.92. The van der Waals surface area contributed by atoms with Gasteiger partial charge in [-0.15, -0.1) is 0 Å². The molecule has 2 rings (SSSR count). The molecule has 0 aromatic carbocycles. The van der Waals surface area contributed by atoms with E-state index in [-0.39, 0.29) is 12.1 Å². The van der Waals surface area contributed by atoms with E-state index in [0.717, 1.165) is 0 Å². The Labute approximate surface area is 119 Å². The highest BCUT2D eigenvalue weighted by Gasteiger charge is 2.35. The van der Waals surface area contributed by atoms with Gasteiger partial charge in [0, 0.05) is 13.1 Å². The van der Waals surface area contributed by atoms with Crippen molar-refractivity contribution < 1.29 is 14.7 Å². The molecule has 0 bridgehead atoms. The number of ether oxygens (including phenoxy) is 1. The average Bonchev–Trinajstić information content (AvgIpc) is 2.76. The second-order valence-electron chi connectivity index (χ2n) is 5.36. The van der Waals surface area contributed by atoms with Crippen molar-refractivity contribution >= 4 is 11.8 Å². The number of rotatable bonds is 2. The topological polar surface area (TPSA) is 79.6 Å². The van der Waals surface area contributed by atoms with Crippen LogP contribution in [0, 0.1) is 0 Å². The van der Waals surface area contributed by atoms with Gasteiger partial charge in [-0.2, -0.15) is 5.10 Å². The molecule has 1 fully saturated rings. The minimum Gasteiger partial charge on any atom is -0.444 e. The van der Waals surface area contributed by atoms with Gasteiger partial charge in [0.15, 0.2) is 0 Å². The van der Waals surface area contributed by atoms with Crippen LogP contribution in [0.1, 0.15) is 40.7 Å². The zero-order chi connectivity index (χ0) is 15.3. The van der Waals surface area contributed by atoms with Crippen molar-refractivity contribution in [3.63, 3.8) is 0 Å². The fraction of sp³-hybridized carbons (Fsp3) is 0.692. The summed E-state index contributed by atoms with van der Waals surface area (Å²) in [6.45, 7) is 10.7. The van der Waals surface area contributed by atoms with Gasteiger partial charge in [-0.3, -0.25) is 15.4 Å². The van der Waals surface area contributed by atoms with Crippen molar-refractivity contribution in [2.45, 2.75) is 46.3 Å². The molecule has 0 aliphatic carbocycles. The van der Waals surface area contributed by atoms with Crippen LogP contribution in [0.2, 0.25) is 0 Å². The Morgan fingerprint density at radius 2 is 2.05 bits per heavy atom. The molecule has 2 heterocycles. The molecule has 0 radical (unpaired) electrons. The largest absolute Gasteiger partial charge is 0.444 e. The molecule has 0 unspecified atom stereocenters. The lowest BCUT2D eigenvalue weighted by Crippen LogP contribution is -2.52. The molecule has 7 nitrogen and oxygen atoms in total. The number of hydrogen-bond acceptors (Lipinski definition) is 5. The standard InChI is InChI=1S/C11H18N4O3.C2H6/c1-11(2,3)18-10(16)14-6-9(7-14)15-5-8(13-17)4-12-15;1-2/h4-5,9,13,17H,6-7H2,1-3H3;1-2H3. The van der Waals surface area contributed by atoms with E-state index in [1.165, 1.54) is 6.20 Å². The predicted octanol–water partition coefficient (Wildman–Crippen LogP) is 2.50. The second-order valence-corrected chi connectivity index (χ2v) is 5.36. The second kappa shape index (κ2) is 6.60. The van der Waals surface area contributed by atoms with Gasteiger partial charge in [-0.05, 0) is 20.8 Å². The number of likely N-dealkylation sites (tertiary alicyclic amines) is 1. The number of carbonyl (C=O) groups excluding carboxylic acids is 1. The fourth-order valence-electron chi connectivity index (χ4n) is 1.69. The first kappa shape index (κ1) is 16.3. The molecule has 7 heteroatoms. The lowest BCUT2D eigenvalue weighted by molar-refractivity contribution is -0.000385. The first-order valence-electron chi connectivity index (χ1n) is 6.81. The summed E-state index contributed by atoms with van der Waals surface area (Å²) in [5.41, 5.74) is 2.09. The van der Waals surface area contributed by atoms with E-state index >= 15 is 0 Å². The molecule has 114 valence electrons. The first-order chi connectivity index (χ1) is 9.39. The molecule has 1 amide bonds. The average molecular weight is 284 g/mol. The van der Waals surface area contributed by atoms with Gasteiger partial charge in [0.1, 0.15) is 5.60 Å². The summed E-state index contributed by atoms with van der Waals surface area (Å²) in [5.74, 6) is 0. The normalized spacial score (nSPS) is 15.0. The number of hydrogen-bond donors (Lipinski definition) is 2. The minimum absolute atomic E-state index is 0.139. The Hall–Kier alpha value is -1.76. The number of anilines is 1. The molecule has 0 spiro atoms. The van der Waals surface area contributed by atoms with Crippen LogP contribution in [0.4, 0.5) is 10.5 Å². The Bertz CT molecular complexity index is 433. The highest BCUT2D eigenvalue weighted by Crippen LogP contribution is 2.23. The number of nitrogens with zero attached hydrogens (tertiary/aromatic N) is 3. The Kier molecular flexibility index (Phi) is 5.38. The Morgan fingerprint density at radius 1 is 1.45 bits per heavy atom. The Morgan fingerprint density at radius 3 is 2.50 bits per heavy atom. The van der Waals surface area contributed by atoms with Gasteiger partial charge < -0.3 is 9.64 Å². The molecule has 1 aromatic heterocycles. The fourth-order valence-corrected chi connectivity index (χ4v) is 1.69. The minimum atomic E-state index is -0.470. The van der Waals surface area contributed by atoms with E-state index in [2.05, 4.69) is 5.10 Å². The number of carbonyl (C=O) groups is 1. The van der Waals surface area contributed by atoms with Crippen LogP contribution in [0.5, 0.6) is 0 Å². The van der Waals surface area contributed by atoms with Gasteiger partial charge in [0.25, 0.3) is 0 Å². The maximum absolute atomic E-state index is 11.7. The summed E-state index contributed by atoms with van der Waals surface area (Å²) in [6, 6.07) is 0.139. The third kappa shape index (κ3) is 4.12. The van der Waals surface area contributed by atoms with Crippen LogP contribution in [0.15, 0.2) is 12.4 Å². The van der Waals surface area contributed by atoms with Crippen molar-refractivity contribution in [3.8, 4) is 0 Å². The quantitative estimate of drug-likeness (QED) is 0.816. The van der Waals surface area contributed by atoms with E-state index in [1.54, 1.807) is 15.8 Å². The van der Waals surface area contributed by atoms with E-state index in [9.17, 15) is 4.79 Å². The van der Waals surface area contributed by atoms with E-state index in [1.807, 2.05) is 40.1 Å². The van der Waals surface area contributed by atoms with Gasteiger partial charge in [0.05, 0.1) is 24.1 Å². The van der Waals surface area contributed by atoms with E-state index in [0.29, 0.717) is 18.8 Å². The summed E-state index contributed by atoms with van der Waals surface area (Å²) < 4.78 is 6.98. The molecular weight excluding hydrogens is 260 g/mol. The first-order valence-corrected chi connectivity index (χ1v) is 6.81. The van der Waals surface area contributed by atoms with Crippen molar-refractivity contribution in [2.75, 3.05) is 18.6 Å². The maximum atomic E-state index is 11.7. The molecule has 0 saturated carbocycles. The van der Waals surface area contributed by atoms with Crippen LogP contribution >= 0.6 is 0 Å². The van der Waals surface area contributed by atoms with Gasteiger partial charge in [0.2, 0.25) is 0 Å². The van der Waals surface area contributed by atoms with Gasteiger partial charge in [-0.25, -0.2) is 4.79 Å². The number of amides is 1. The molecule has 1 aliphatic heterocycles. The third-order valence-corrected chi connectivity index (χ3v) is 2.62. The molecule has 1 saturated heterocycles. The maximum Gasteiger partial charge on any atom is 0.410 e. The molecule has 0 atom stereocenters. The van der Waals surface area contributed by atoms with E-state index < -0.39 is 5.60 Å². The smallest absolute Gasteiger partial charge is 0.410 e. The van der Waals surface area contributed by atoms with Gasteiger partial charge in [-0.1, -0.05) is 13.8 Å². The molecule has 1 aromatic rings. The van der Waals surface area contributed by atoms with E-state index in [4.69, 9.17) is 9.94 Å². The Balaban J connectivity index is 0.000000956. The van der Waals surface area contributed by atoms with Crippen LogP contribution < -0.4 is 5.48 Å². The summed E-state index contributed by atoms with van der Waals surface area (Å²) in [7, 11) is 0. The van der Waals surface area contributed by atoms with Crippen LogP contribution in [0.3, 0.4) is 0 Å². The molecule has 1 aliphatic rings. The van der Waals surface area contributed by atoms with Crippen molar-refractivity contribution in [1.29, 1.82) is 0 Å².